The van der Waals surface area contributed by atoms with Crippen molar-refractivity contribution in [3.63, 3.8) is 0 Å². The Labute approximate surface area is 163 Å². The maximum absolute atomic E-state index is 2.67. The Kier molecular flexibility index (Phi) is 7.64. The molecule has 0 bridgehead atoms. The van der Waals surface area contributed by atoms with Gasteiger partial charge < -0.3 is 0 Å². The Hall–Kier alpha value is -0.780. The molecule has 0 atom stereocenters. The summed E-state index contributed by atoms with van der Waals surface area (Å²) in [5.74, 6) is 2.47. The molecule has 146 valence electrons. The van der Waals surface area contributed by atoms with E-state index in [0.717, 1.165) is 17.8 Å². The summed E-state index contributed by atoms with van der Waals surface area (Å²) in [4.78, 5) is 0. The highest BCUT2D eigenvalue weighted by Gasteiger charge is 2.25. The topological polar surface area (TPSA) is 0 Å². The third-order valence-electron chi connectivity index (χ3n) is 7.35. The van der Waals surface area contributed by atoms with Crippen molar-refractivity contribution in [1.82, 2.24) is 0 Å². The van der Waals surface area contributed by atoms with Crippen LogP contribution in [0.3, 0.4) is 0 Å². The van der Waals surface area contributed by atoms with Crippen molar-refractivity contribution in [3.8, 4) is 0 Å². The molecule has 0 aliphatic heterocycles. The van der Waals surface area contributed by atoms with Crippen LogP contribution in [0.25, 0.3) is 0 Å². The molecule has 2 aliphatic rings. The zero-order chi connectivity index (χ0) is 18.4. The molecule has 0 saturated heterocycles. The average Bonchev–Trinajstić information content (AvgIpc) is 2.69. The van der Waals surface area contributed by atoms with E-state index < -0.39 is 0 Å². The van der Waals surface area contributed by atoms with E-state index in [-0.39, 0.29) is 0 Å². The second kappa shape index (κ2) is 9.95. The first kappa shape index (κ1) is 20.0. The van der Waals surface area contributed by atoms with Gasteiger partial charge in [0.1, 0.15) is 0 Å². The van der Waals surface area contributed by atoms with Gasteiger partial charge in [-0.1, -0.05) is 77.3 Å². The molecule has 0 spiro atoms. The molecule has 0 heteroatoms. The van der Waals surface area contributed by atoms with Crippen molar-refractivity contribution in [1.29, 1.82) is 0 Å². The van der Waals surface area contributed by atoms with E-state index in [2.05, 4.69) is 32.9 Å². The van der Waals surface area contributed by atoms with Gasteiger partial charge in [0.25, 0.3) is 0 Å². The minimum absolute atomic E-state index is 0.787. The summed E-state index contributed by atoms with van der Waals surface area (Å²) in [6, 6.07) is 5.35. The lowest BCUT2D eigenvalue weighted by Crippen LogP contribution is -2.13. The number of rotatable bonds is 7. The Morgan fingerprint density at radius 1 is 0.731 bits per heavy atom. The van der Waals surface area contributed by atoms with E-state index in [1.165, 1.54) is 89.9 Å². The summed E-state index contributed by atoms with van der Waals surface area (Å²) in [7, 11) is 0. The summed E-state index contributed by atoms with van der Waals surface area (Å²) in [5.41, 5.74) is 6.87. The zero-order valence-electron chi connectivity index (χ0n) is 17.8. The van der Waals surface area contributed by atoms with Crippen LogP contribution in [0.4, 0.5) is 0 Å². The summed E-state index contributed by atoms with van der Waals surface area (Å²) >= 11 is 0. The summed E-state index contributed by atoms with van der Waals surface area (Å²) in [6.07, 6.45) is 19.8. The fourth-order valence-corrected chi connectivity index (χ4v) is 5.87. The molecule has 0 radical (unpaired) electrons. The molecule has 2 aliphatic carbocycles. The van der Waals surface area contributed by atoms with Crippen LogP contribution in [0.2, 0.25) is 0 Å². The van der Waals surface area contributed by atoms with Crippen LogP contribution >= 0.6 is 0 Å². The van der Waals surface area contributed by atoms with Gasteiger partial charge in [-0.05, 0) is 85.5 Å². The molecular formula is C26H42. The largest absolute Gasteiger partial charge is 0.0654 e. The molecule has 2 saturated carbocycles. The van der Waals surface area contributed by atoms with Gasteiger partial charge in [0.05, 0.1) is 0 Å². The number of hydrogen-bond acceptors (Lipinski definition) is 0. The summed E-state index contributed by atoms with van der Waals surface area (Å²) in [6.45, 7) is 7.19. The second-order valence-corrected chi connectivity index (χ2v) is 9.27. The third-order valence-corrected chi connectivity index (χ3v) is 7.35. The van der Waals surface area contributed by atoms with E-state index in [0.29, 0.717) is 0 Å². The molecule has 1 aromatic carbocycles. The van der Waals surface area contributed by atoms with Crippen LogP contribution in [0, 0.1) is 6.92 Å². The Morgan fingerprint density at radius 2 is 1.15 bits per heavy atom. The molecule has 0 unspecified atom stereocenters. The quantitative estimate of drug-likeness (QED) is 0.459. The first-order valence-electron chi connectivity index (χ1n) is 11.9. The van der Waals surface area contributed by atoms with Crippen LogP contribution in [-0.4, -0.2) is 0 Å². The van der Waals surface area contributed by atoms with E-state index in [4.69, 9.17) is 0 Å². The van der Waals surface area contributed by atoms with Crippen molar-refractivity contribution in [2.45, 2.75) is 128 Å². The first-order chi connectivity index (χ1) is 12.7. The van der Waals surface area contributed by atoms with Gasteiger partial charge in [-0.25, -0.2) is 0 Å². The maximum Gasteiger partial charge on any atom is -0.0159 e. The number of benzene rings is 1. The van der Waals surface area contributed by atoms with Gasteiger partial charge in [0.2, 0.25) is 0 Å². The second-order valence-electron chi connectivity index (χ2n) is 9.27. The standard InChI is InChI=1S/C26H42/c1-4-12-21(13-5-2)24-18-25(22-14-8-6-9-15-22)20(3)26(19-24)23-16-10-7-11-17-23/h18-19,21-23H,4-17H2,1-3H3. The van der Waals surface area contributed by atoms with Crippen molar-refractivity contribution >= 4 is 0 Å². The predicted molar refractivity (Wildman–Crippen MR) is 115 cm³/mol. The van der Waals surface area contributed by atoms with Gasteiger partial charge in [-0.15, -0.1) is 0 Å². The SMILES string of the molecule is CCCC(CCC)c1cc(C2CCCCC2)c(C)c(C2CCCCC2)c1. The Bertz CT molecular complexity index is 498. The lowest BCUT2D eigenvalue weighted by Gasteiger charge is -2.31. The normalized spacial score (nSPS) is 20.0. The molecule has 0 N–H and O–H groups in total. The van der Waals surface area contributed by atoms with E-state index in [9.17, 15) is 0 Å². The van der Waals surface area contributed by atoms with Crippen LogP contribution in [0.1, 0.15) is 144 Å². The third kappa shape index (κ3) is 4.73. The minimum Gasteiger partial charge on any atom is -0.0654 e. The van der Waals surface area contributed by atoms with Gasteiger partial charge in [0.15, 0.2) is 0 Å². The molecule has 26 heavy (non-hydrogen) atoms. The van der Waals surface area contributed by atoms with E-state index in [1.807, 2.05) is 0 Å². The van der Waals surface area contributed by atoms with Crippen molar-refractivity contribution in [2.75, 3.05) is 0 Å². The average molecular weight is 355 g/mol. The van der Waals surface area contributed by atoms with Crippen LogP contribution in [-0.2, 0) is 0 Å². The Morgan fingerprint density at radius 3 is 1.54 bits per heavy atom. The van der Waals surface area contributed by atoms with Crippen molar-refractivity contribution < 1.29 is 0 Å². The van der Waals surface area contributed by atoms with Gasteiger partial charge in [0, 0.05) is 0 Å². The highest BCUT2D eigenvalue weighted by atomic mass is 14.3. The van der Waals surface area contributed by atoms with Gasteiger partial charge in [-0.3, -0.25) is 0 Å². The van der Waals surface area contributed by atoms with Crippen molar-refractivity contribution in [2.24, 2.45) is 0 Å². The van der Waals surface area contributed by atoms with Crippen LogP contribution in [0.5, 0.6) is 0 Å². The first-order valence-corrected chi connectivity index (χ1v) is 11.9. The monoisotopic (exact) mass is 354 g/mol. The smallest absolute Gasteiger partial charge is 0.0159 e. The van der Waals surface area contributed by atoms with Crippen LogP contribution in [0.15, 0.2) is 12.1 Å². The molecule has 3 rings (SSSR count). The Balaban J connectivity index is 1.99. The molecule has 0 amide bonds. The highest BCUT2D eigenvalue weighted by Crippen LogP contribution is 2.42. The molecule has 0 aromatic heterocycles. The molecule has 0 nitrogen and oxygen atoms in total. The van der Waals surface area contributed by atoms with Gasteiger partial charge in [-0.2, -0.15) is 0 Å². The summed E-state index contributed by atoms with van der Waals surface area (Å²) < 4.78 is 0. The molecule has 2 fully saturated rings. The minimum atomic E-state index is 0.787. The summed E-state index contributed by atoms with van der Waals surface area (Å²) in [5, 5.41) is 0. The predicted octanol–water partition coefficient (Wildman–Crippen LogP) is 8.77. The molecular weight excluding hydrogens is 312 g/mol. The fourth-order valence-electron chi connectivity index (χ4n) is 5.87. The number of hydrogen-bond donors (Lipinski definition) is 0. The maximum atomic E-state index is 2.67. The fraction of sp³-hybridized carbons (Fsp3) is 0.769. The lowest BCUT2D eigenvalue weighted by atomic mass is 9.74. The zero-order valence-corrected chi connectivity index (χ0v) is 17.8. The molecule has 1 aromatic rings. The highest BCUT2D eigenvalue weighted by molar-refractivity contribution is 5.44. The van der Waals surface area contributed by atoms with Gasteiger partial charge >= 0.3 is 0 Å². The van der Waals surface area contributed by atoms with Crippen molar-refractivity contribution in [3.05, 3.63) is 34.4 Å². The lowest BCUT2D eigenvalue weighted by molar-refractivity contribution is 0.431. The van der Waals surface area contributed by atoms with E-state index >= 15 is 0 Å². The molecule has 0 heterocycles. The van der Waals surface area contributed by atoms with Crippen LogP contribution < -0.4 is 0 Å². The van der Waals surface area contributed by atoms with E-state index in [1.54, 1.807) is 22.3 Å².